The molecule has 0 amide bonds. The third-order valence-corrected chi connectivity index (χ3v) is 4.13. The third kappa shape index (κ3) is 4.05. The second kappa shape index (κ2) is 6.53. The van der Waals surface area contributed by atoms with Crippen molar-refractivity contribution in [1.82, 2.24) is 9.78 Å². The fourth-order valence-corrected chi connectivity index (χ4v) is 2.82. The van der Waals surface area contributed by atoms with E-state index in [-0.39, 0.29) is 5.54 Å². The molecule has 4 heteroatoms. The van der Waals surface area contributed by atoms with Gasteiger partial charge in [-0.2, -0.15) is 5.10 Å². The Labute approximate surface area is 116 Å². The first-order valence-electron chi connectivity index (χ1n) is 7.51. The summed E-state index contributed by atoms with van der Waals surface area (Å²) in [7, 11) is 1.97. The molecule has 0 spiro atoms. The topological polar surface area (TPSA) is 53.1 Å². The molecule has 0 radical (unpaired) electrons. The van der Waals surface area contributed by atoms with Gasteiger partial charge in [0.1, 0.15) is 0 Å². The SMILES string of the molecule is CCc1cc(COCC2(N)CCCCCC2)n(C)n1. The quantitative estimate of drug-likeness (QED) is 0.832. The van der Waals surface area contributed by atoms with E-state index >= 15 is 0 Å². The average Bonchev–Trinajstić information content (AvgIpc) is 2.60. The molecule has 1 fully saturated rings. The summed E-state index contributed by atoms with van der Waals surface area (Å²) in [6, 6.07) is 2.12. The summed E-state index contributed by atoms with van der Waals surface area (Å²) in [4.78, 5) is 0. The highest BCUT2D eigenvalue weighted by molar-refractivity contribution is 5.09. The molecule has 108 valence electrons. The number of hydrogen-bond donors (Lipinski definition) is 1. The summed E-state index contributed by atoms with van der Waals surface area (Å²) in [5, 5.41) is 4.43. The first-order chi connectivity index (χ1) is 9.13. The van der Waals surface area contributed by atoms with Crippen LogP contribution in [0.2, 0.25) is 0 Å². The van der Waals surface area contributed by atoms with Gasteiger partial charge in [-0.25, -0.2) is 0 Å². The molecular weight excluding hydrogens is 238 g/mol. The molecule has 1 aliphatic rings. The predicted molar refractivity (Wildman–Crippen MR) is 76.9 cm³/mol. The van der Waals surface area contributed by atoms with Gasteiger partial charge < -0.3 is 10.5 Å². The zero-order valence-electron chi connectivity index (χ0n) is 12.3. The van der Waals surface area contributed by atoms with E-state index in [1.165, 1.54) is 25.7 Å². The molecule has 19 heavy (non-hydrogen) atoms. The fraction of sp³-hybridized carbons (Fsp3) is 0.800. The van der Waals surface area contributed by atoms with Crippen molar-refractivity contribution in [2.75, 3.05) is 6.61 Å². The van der Waals surface area contributed by atoms with Crippen LogP contribution in [0.5, 0.6) is 0 Å². The lowest BCUT2D eigenvalue weighted by atomic mass is 9.93. The molecule has 0 atom stereocenters. The van der Waals surface area contributed by atoms with E-state index < -0.39 is 0 Å². The fourth-order valence-electron chi connectivity index (χ4n) is 2.82. The molecular formula is C15H27N3O. The highest BCUT2D eigenvalue weighted by Crippen LogP contribution is 2.25. The number of aromatic nitrogens is 2. The zero-order valence-corrected chi connectivity index (χ0v) is 12.3. The highest BCUT2D eigenvalue weighted by Gasteiger charge is 2.26. The molecule has 0 aromatic carbocycles. The Morgan fingerprint density at radius 1 is 1.32 bits per heavy atom. The van der Waals surface area contributed by atoms with Gasteiger partial charge in [0, 0.05) is 12.6 Å². The Morgan fingerprint density at radius 2 is 2.00 bits per heavy atom. The van der Waals surface area contributed by atoms with Gasteiger partial charge in [0.2, 0.25) is 0 Å². The molecule has 0 saturated heterocycles. The molecule has 0 aliphatic heterocycles. The number of ether oxygens (including phenoxy) is 1. The Bertz CT molecular complexity index is 392. The number of aryl methyl sites for hydroxylation is 2. The molecule has 1 saturated carbocycles. The summed E-state index contributed by atoms with van der Waals surface area (Å²) >= 11 is 0. The summed E-state index contributed by atoms with van der Waals surface area (Å²) in [5.74, 6) is 0. The largest absolute Gasteiger partial charge is 0.373 e. The zero-order chi connectivity index (χ0) is 13.7. The molecule has 1 heterocycles. The first kappa shape index (κ1) is 14.5. The van der Waals surface area contributed by atoms with Gasteiger partial charge in [-0.3, -0.25) is 4.68 Å². The van der Waals surface area contributed by atoms with Crippen molar-refractivity contribution in [3.05, 3.63) is 17.5 Å². The van der Waals surface area contributed by atoms with Crippen molar-refractivity contribution in [3.8, 4) is 0 Å². The minimum Gasteiger partial charge on any atom is -0.373 e. The summed E-state index contributed by atoms with van der Waals surface area (Å²) in [6.45, 7) is 3.40. The van der Waals surface area contributed by atoms with Crippen LogP contribution in [0.15, 0.2) is 6.07 Å². The second-order valence-electron chi connectivity index (χ2n) is 5.87. The van der Waals surface area contributed by atoms with Crippen LogP contribution in [0.1, 0.15) is 56.8 Å². The summed E-state index contributed by atoms with van der Waals surface area (Å²) < 4.78 is 7.78. The number of hydrogen-bond acceptors (Lipinski definition) is 3. The lowest BCUT2D eigenvalue weighted by Gasteiger charge is -2.27. The van der Waals surface area contributed by atoms with E-state index in [1.54, 1.807) is 0 Å². The van der Waals surface area contributed by atoms with Crippen molar-refractivity contribution in [2.45, 2.75) is 64.0 Å². The molecule has 1 aliphatic carbocycles. The molecule has 2 rings (SSSR count). The molecule has 0 bridgehead atoms. The van der Waals surface area contributed by atoms with Crippen molar-refractivity contribution in [3.63, 3.8) is 0 Å². The average molecular weight is 265 g/mol. The minimum absolute atomic E-state index is 0.108. The maximum Gasteiger partial charge on any atom is 0.0885 e. The standard InChI is InChI=1S/C15H27N3O/c1-3-13-10-14(18(2)17-13)11-19-12-15(16)8-6-4-5-7-9-15/h10H,3-9,11-12,16H2,1-2H3. The molecule has 2 N–H and O–H groups in total. The van der Waals surface area contributed by atoms with Crippen LogP contribution in [0.25, 0.3) is 0 Å². The predicted octanol–water partition coefficient (Wildman–Crippen LogP) is 2.55. The smallest absolute Gasteiger partial charge is 0.0885 e. The van der Waals surface area contributed by atoms with Crippen LogP contribution in [0.4, 0.5) is 0 Å². The Kier molecular flexibility index (Phi) is 4.99. The van der Waals surface area contributed by atoms with E-state index in [4.69, 9.17) is 10.5 Å². The van der Waals surface area contributed by atoms with Crippen molar-refractivity contribution < 1.29 is 4.74 Å². The Hall–Kier alpha value is -0.870. The van der Waals surface area contributed by atoms with Crippen LogP contribution in [-0.4, -0.2) is 21.9 Å². The Balaban J connectivity index is 1.83. The lowest BCUT2D eigenvalue weighted by molar-refractivity contribution is 0.0632. The molecule has 1 aromatic heterocycles. The molecule has 4 nitrogen and oxygen atoms in total. The van der Waals surface area contributed by atoms with Crippen LogP contribution < -0.4 is 5.73 Å². The van der Waals surface area contributed by atoms with Gasteiger partial charge in [-0.05, 0) is 25.3 Å². The normalized spacial score (nSPS) is 19.3. The maximum atomic E-state index is 6.45. The van der Waals surface area contributed by atoms with Gasteiger partial charge in [-0.1, -0.05) is 32.6 Å². The lowest BCUT2D eigenvalue weighted by Crippen LogP contribution is -2.43. The summed E-state index contributed by atoms with van der Waals surface area (Å²) in [5.41, 5.74) is 8.59. The van der Waals surface area contributed by atoms with Gasteiger partial charge in [0.15, 0.2) is 0 Å². The van der Waals surface area contributed by atoms with Gasteiger partial charge in [0.25, 0.3) is 0 Å². The van der Waals surface area contributed by atoms with E-state index in [0.717, 1.165) is 30.7 Å². The molecule has 0 unspecified atom stereocenters. The van der Waals surface area contributed by atoms with Crippen LogP contribution >= 0.6 is 0 Å². The van der Waals surface area contributed by atoms with E-state index in [2.05, 4.69) is 18.1 Å². The molecule has 1 aromatic rings. The number of rotatable bonds is 5. The van der Waals surface area contributed by atoms with Crippen LogP contribution in [0, 0.1) is 0 Å². The minimum atomic E-state index is -0.108. The number of nitrogens with two attached hydrogens (primary N) is 1. The van der Waals surface area contributed by atoms with Gasteiger partial charge >= 0.3 is 0 Å². The Morgan fingerprint density at radius 3 is 2.58 bits per heavy atom. The van der Waals surface area contributed by atoms with Gasteiger partial charge in [0.05, 0.1) is 24.6 Å². The van der Waals surface area contributed by atoms with Gasteiger partial charge in [-0.15, -0.1) is 0 Å². The first-order valence-corrected chi connectivity index (χ1v) is 7.51. The number of nitrogens with zero attached hydrogens (tertiary/aromatic N) is 2. The van der Waals surface area contributed by atoms with Crippen molar-refractivity contribution >= 4 is 0 Å². The monoisotopic (exact) mass is 265 g/mol. The second-order valence-corrected chi connectivity index (χ2v) is 5.87. The van der Waals surface area contributed by atoms with E-state index in [1.807, 2.05) is 11.7 Å². The van der Waals surface area contributed by atoms with Crippen LogP contribution in [0.3, 0.4) is 0 Å². The maximum absolute atomic E-state index is 6.45. The van der Waals surface area contributed by atoms with Crippen molar-refractivity contribution in [1.29, 1.82) is 0 Å². The van der Waals surface area contributed by atoms with E-state index in [9.17, 15) is 0 Å². The van der Waals surface area contributed by atoms with E-state index in [0.29, 0.717) is 13.2 Å². The highest BCUT2D eigenvalue weighted by atomic mass is 16.5. The van der Waals surface area contributed by atoms with Crippen LogP contribution in [-0.2, 0) is 24.8 Å². The summed E-state index contributed by atoms with van der Waals surface area (Å²) in [6.07, 6.45) is 8.28. The van der Waals surface area contributed by atoms with Crippen molar-refractivity contribution in [2.24, 2.45) is 12.8 Å². The third-order valence-electron chi connectivity index (χ3n) is 4.13.